The summed E-state index contributed by atoms with van der Waals surface area (Å²) in [6, 6.07) is 7.58. The summed E-state index contributed by atoms with van der Waals surface area (Å²) in [6.07, 6.45) is 2.89. The molecule has 0 aliphatic carbocycles. The van der Waals surface area contributed by atoms with Crippen molar-refractivity contribution in [1.29, 1.82) is 0 Å². The molecule has 35 heavy (non-hydrogen) atoms. The van der Waals surface area contributed by atoms with Crippen LogP contribution in [0.15, 0.2) is 43.0 Å². The van der Waals surface area contributed by atoms with Crippen LogP contribution >= 0.6 is 23.2 Å². The molecule has 0 radical (unpaired) electrons. The number of hydrogen-bond acceptors (Lipinski definition) is 6. The maximum atomic E-state index is 14.0. The zero-order valence-electron chi connectivity index (χ0n) is 19.3. The zero-order chi connectivity index (χ0) is 25.6. The van der Waals surface area contributed by atoms with E-state index in [-0.39, 0.29) is 47.0 Å². The quantitative estimate of drug-likeness (QED) is 0.393. The summed E-state index contributed by atoms with van der Waals surface area (Å²) >= 11 is 12.0. The molecular formula is C23H24Cl2FN5O4. The summed E-state index contributed by atoms with van der Waals surface area (Å²) in [4.78, 5) is 25.0. The minimum Gasteiger partial charge on any atom is -0.494 e. The highest BCUT2D eigenvalue weighted by molar-refractivity contribution is 6.34. The fourth-order valence-electron chi connectivity index (χ4n) is 3.22. The van der Waals surface area contributed by atoms with Crippen molar-refractivity contribution >= 4 is 35.0 Å². The minimum absolute atomic E-state index is 0.00489. The molecule has 0 saturated heterocycles. The van der Waals surface area contributed by atoms with E-state index in [9.17, 15) is 14.0 Å². The van der Waals surface area contributed by atoms with Crippen molar-refractivity contribution in [1.82, 2.24) is 25.4 Å². The first-order valence-electron chi connectivity index (χ1n) is 10.4. The third-order valence-corrected chi connectivity index (χ3v) is 5.41. The van der Waals surface area contributed by atoms with E-state index in [1.54, 1.807) is 36.6 Å². The Labute approximate surface area is 211 Å². The topological polar surface area (TPSA) is 107 Å². The van der Waals surface area contributed by atoms with E-state index in [4.69, 9.17) is 32.7 Å². The summed E-state index contributed by atoms with van der Waals surface area (Å²) in [5.74, 6) is -1.40. The van der Waals surface area contributed by atoms with Crippen molar-refractivity contribution < 1.29 is 23.5 Å². The van der Waals surface area contributed by atoms with Gasteiger partial charge in [0.05, 0.1) is 23.4 Å². The van der Waals surface area contributed by atoms with Gasteiger partial charge >= 0.3 is 0 Å². The molecule has 0 unspecified atom stereocenters. The van der Waals surface area contributed by atoms with Crippen LogP contribution in [0.5, 0.6) is 11.5 Å². The van der Waals surface area contributed by atoms with E-state index in [0.29, 0.717) is 11.3 Å². The molecule has 0 saturated carbocycles. The average Bonchev–Trinajstić information content (AvgIpc) is 3.35. The van der Waals surface area contributed by atoms with Gasteiger partial charge in [-0.15, -0.1) is 21.8 Å². The van der Waals surface area contributed by atoms with Crippen molar-refractivity contribution in [3.8, 4) is 17.2 Å². The normalized spacial score (nSPS) is 11.1. The van der Waals surface area contributed by atoms with E-state index < -0.39 is 17.3 Å². The molecule has 0 aliphatic heterocycles. The van der Waals surface area contributed by atoms with Gasteiger partial charge in [-0.3, -0.25) is 14.2 Å². The van der Waals surface area contributed by atoms with Gasteiger partial charge in [0.2, 0.25) is 5.91 Å². The van der Waals surface area contributed by atoms with Crippen LogP contribution in [0, 0.1) is 5.82 Å². The van der Waals surface area contributed by atoms with Crippen LogP contribution in [0.3, 0.4) is 0 Å². The number of aromatic nitrogens is 3. The second kappa shape index (κ2) is 11.4. The van der Waals surface area contributed by atoms with Crippen LogP contribution in [0.1, 0.15) is 29.8 Å². The van der Waals surface area contributed by atoms with Gasteiger partial charge < -0.3 is 20.1 Å². The molecule has 2 aromatic carbocycles. The summed E-state index contributed by atoms with van der Waals surface area (Å²) in [7, 11) is 1.37. The van der Waals surface area contributed by atoms with E-state index >= 15 is 0 Å². The third kappa shape index (κ3) is 6.61. The summed E-state index contributed by atoms with van der Waals surface area (Å²) in [6.45, 7) is 3.52. The molecule has 2 amide bonds. The summed E-state index contributed by atoms with van der Waals surface area (Å²) < 4.78 is 26.6. The van der Waals surface area contributed by atoms with Crippen LogP contribution in [0.25, 0.3) is 5.69 Å². The predicted molar refractivity (Wildman–Crippen MR) is 129 cm³/mol. The lowest BCUT2D eigenvalue weighted by Crippen LogP contribution is -2.48. The number of nitrogens with zero attached hydrogens (tertiary/aromatic N) is 3. The molecular weight excluding hydrogens is 500 g/mol. The Morgan fingerprint density at radius 1 is 1.17 bits per heavy atom. The van der Waals surface area contributed by atoms with Gasteiger partial charge in [0.15, 0.2) is 17.3 Å². The molecule has 12 heteroatoms. The molecule has 3 rings (SSSR count). The highest BCUT2D eigenvalue weighted by Gasteiger charge is 2.26. The molecule has 0 atom stereocenters. The molecule has 0 bridgehead atoms. The van der Waals surface area contributed by atoms with Crippen molar-refractivity contribution in [3.63, 3.8) is 0 Å². The maximum Gasteiger partial charge on any atom is 0.256 e. The van der Waals surface area contributed by atoms with Crippen molar-refractivity contribution in [2.24, 2.45) is 0 Å². The van der Waals surface area contributed by atoms with Crippen LogP contribution in [-0.2, 0) is 11.3 Å². The second-order valence-electron chi connectivity index (χ2n) is 8.15. The number of alkyl halides is 1. The molecule has 0 spiro atoms. The molecule has 9 nitrogen and oxygen atoms in total. The number of hydrogen-bond donors (Lipinski definition) is 2. The van der Waals surface area contributed by atoms with E-state index in [1.165, 1.54) is 31.9 Å². The SMILES string of the molecule is COc1ccc(CNC(=O)c2c(Cl)ccc(-n3cnnc3)c2OCC(C)(C)NC(=O)CCl)cc1F. The molecule has 2 N–H and O–H groups in total. The van der Waals surface area contributed by atoms with Crippen molar-refractivity contribution in [2.45, 2.75) is 25.9 Å². The van der Waals surface area contributed by atoms with Crippen LogP contribution < -0.4 is 20.1 Å². The maximum absolute atomic E-state index is 14.0. The first-order chi connectivity index (χ1) is 16.6. The fraction of sp³-hybridized carbons (Fsp3) is 0.304. The van der Waals surface area contributed by atoms with Gasteiger partial charge in [-0.1, -0.05) is 17.7 Å². The van der Waals surface area contributed by atoms with E-state index in [0.717, 1.165) is 0 Å². The van der Waals surface area contributed by atoms with Gasteiger partial charge in [0.25, 0.3) is 5.91 Å². The first-order valence-corrected chi connectivity index (χ1v) is 11.3. The Morgan fingerprint density at radius 3 is 2.51 bits per heavy atom. The molecule has 3 aromatic rings. The average molecular weight is 524 g/mol. The number of carbonyl (C=O) groups is 2. The monoisotopic (exact) mass is 523 g/mol. The Kier molecular flexibility index (Phi) is 8.52. The Morgan fingerprint density at radius 2 is 1.89 bits per heavy atom. The molecule has 186 valence electrons. The van der Waals surface area contributed by atoms with Gasteiger partial charge in [0, 0.05) is 6.54 Å². The third-order valence-electron chi connectivity index (χ3n) is 4.86. The lowest BCUT2D eigenvalue weighted by Gasteiger charge is -2.27. The fourth-order valence-corrected chi connectivity index (χ4v) is 3.53. The first kappa shape index (κ1) is 26.2. The number of ether oxygens (including phenoxy) is 2. The number of methoxy groups -OCH3 is 1. The van der Waals surface area contributed by atoms with Gasteiger partial charge in [-0.05, 0) is 43.7 Å². The zero-order valence-corrected chi connectivity index (χ0v) is 20.8. The Bertz CT molecular complexity index is 1200. The van der Waals surface area contributed by atoms with Gasteiger partial charge in [-0.25, -0.2) is 4.39 Å². The number of benzene rings is 2. The van der Waals surface area contributed by atoms with Crippen molar-refractivity contribution in [3.05, 3.63) is 65.0 Å². The van der Waals surface area contributed by atoms with Crippen LogP contribution in [0.2, 0.25) is 5.02 Å². The number of rotatable bonds is 10. The van der Waals surface area contributed by atoms with Gasteiger partial charge in [-0.2, -0.15) is 0 Å². The Balaban J connectivity index is 1.90. The summed E-state index contributed by atoms with van der Waals surface area (Å²) in [5, 5.41) is 13.2. The predicted octanol–water partition coefficient (Wildman–Crippen LogP) is 3.51. The number of halogens is 3. The van der Waals surface area contributed by atoms with Crippen LogP contribution in [0.4, 0.5) is 4.39 Å². The highest BCUT2D eigenvalue weighted by atomic mass is 35.5. The van der Waals surface area contributed by atoms with Crippen molar-refractivity contribution in [2.75, 3.05) is 19.6 Å². The molecule has 1 aromatic heterocycles. The lowest BCUT2D eigenvalue weighted by atomic mass is 10.1. The number of carbonyl (C=O) groups excluding carboxylic acids is 2. The van der Waals surface area contributed by atoms with Crippen LogP contribution in [-0.4, -0.2) is 51.7 Å². The largest absolute Gasteiger partial charge is 0.494 e. The van der Waals surface area contributed by atoms with E-state index in [2.05, 4.69) is 20.8 Å². The molecule has 1 heterocycles. The Hall–Kier alpha value is -3.37. The van der Waals surface area contributed by atoms with E-state index in [1.807, 2.05) is 0 Å². The number of nitrogens with one attached hydrogen (secondary N) is 2. The van der Waals surface area contributed by atoms with Gasteiger partial charge in [0.1, 0.15) is 30.7 Å². The molecule has 0 fully saturated rings. The lowest BCUT2D eigenvalue weighted by molar-refractivity contribution is -0.120. The number of amides is 2. The standard InChI is InChI=1S/C23H24Cl2FN5O4/c1-23(2,30-19(32)9-24)11-35-21-17(31-12-28-29-13-31)6-5-15(25)20(21)22(33)27-10-14-4-7-18(34-3)16(26)8-14/h4-8,12-13H,9-11H2,1-3H3,(H,27,33)(H,30,32). The second-order valence-corrected chi connectivity index (χ2v) is 8.82. The summed E-state index contributed by atoms with van der Waals surface area (Å²) in [5.41, 5.74) is 0.230. The highest BCUT2D eigenvalue weighted by Crippen LogP contribution is 2.34. The smallest absolute Gasteiger partial charge is 0.256 e. The minimum atomic E-state index is -0.812. The molecule has 0 aliphatic rings.